The summed E-state index contributed by atoms with van der Waals surface area (Å²) in [6, 6.07) is 26.0. The maximum Gasteiger partial charge on any atom is 0.0457 e. The molecule has 0 bridgehead atoms. The number of hydrogen-bond donors (Lipinski definition) is 1. The van der Waals surface area contributed by atoms with Crippen LogP contribution in [0.1, 0.15) is 22.6 Å². The van der Waals surface area contributed by atoms with Gasteiger partial charge in [-0.3, -0.25) is 0 Å². The van der Waals surface area contributed by atoms with Crippen LogP contribution >= 0.6 is 15.9 Å². The standard InChI is InChI=1S/C23H21BrN2/c1-26(2)19-11-8-17(9-12-19)23(16-6-4-3-5-7-16)21-15-25-22-13-10-18(24)14-20(21)22/h3-15,23,25H,1-2H3. The highest BCUT2D eigenvalue weighted by molar-refractivity contribution is 9.10. The second kappa shape index (κ2) is 7.00. The van der Waals surface area contributed by atoms with Crippen LogP contribution in [0.15, 0.2) is 83.5 Å². The summed E-state index contributed by atoms with van der Waals surface area (Å²) < 4.78 is 1.10. The van der Waals surface area contributed by atoms with E-state index in [1.165, 1.54) is 27.8 Å². The molecule has 0 aliphatic rings. The zero-order valence-electron chi connectivity index (χ0n) is 14.9. The molecular weight excluding hydrogens is 384 g/mol. The van der Waals surface area contributed by atoms with Gasteiger partial charge in [0.1, 0.15) is 0 Å². The topological polar surface area (TPSA) is 19.0 Å². The van der Waals surface area contributed by atoms with Crippen molar-refractivity contribution in [2.75, 3.05) is 19.0 Å². The van der Waals surface area contributed by atoms with E-state index >= 15 is 0 Å². The Morgan fingerprint density at radius 2 is 1.54 bits per heavy atom. The normalized spacial score (nSPS) is 12.3. The Hall–Kier alpha value is -2.52. The molecule has 0 amide bonds. The molecule has 130 valence electrons. The zero-order chi connectivity index (χ0) is 18.1. The Kier molecular flexibility index (Phi) is 4.56. The van der Waals surface area contributed by atoms with Crippen LogP contribution in [0.3, 0.4) is 0 Å². The van der Waals surface area contributed by atoms with Crippen LogP contribution < -0.4 is 4.90 Å². The van der Waals surface area contributed by atoms with Crippen molar-refractivity contribution in [2.24, 2.45) is 0 Å². The Balaban J connectivity index is 1.89. The molecule has 1 N–H and O–H groups in total. The number of fused-ring (bicyclic) bond motifs is 1. The Bertz CT molecular complexity index is 1020. The van der Waals surface area contributed by atoms with Gasteiger partial charge in [0, 0.05) is 47.3 Å². The van der Waals surface area contributed by atoms with Crippen molar-refractivity contribution in [1.29, 1.82) is 0 Å². The lowest BCUT2D eigenvalue weighted by Gasteiger charge is -2.20. The van der Waals surface area contributed by atoms with Crippen molar-refractivity contribution in [3.63, 3.8) is 0 Å². The van der Waals surface area contributed by atoms with Gasteiger partial charge >= 0.3 is 0 Å². The first-order chi connectivity index (χ1) is 12.6. The second-order valence-corrected chi connectivity index (χ2v) is 7.68. The van der Waals surface area contributed by atoms with Gasteiger partial charge in [-0.05, 0) is 47.0 Å². The molecule has 1 heterocycles. The predicted octanol–water partition coefficient (Wildman–Crippen LogP) is 6.18. The van der Waals surface area contributed by atoms with Crippen molar-refractivity contribution in [1.82, 2.24) is 4.98 Å². The quantitative estimate of drug-likeness (QED) is 0.430. The van der Waals surface area contributed by atoms with Gasteiger partial charge in [0.05, 0.1) is 0 Å². The highest BCUT2D eigenvalue weighted by Gasteiger charge is 2.20. The maximum absolute atomic E-state index is 3.62. The van der Waals surface area contributed by atoms with E-state index in [1.54, 1.807) is 0 Å². The lowest BCUT2D eigenvalue weighted by atomic mass is 9.85. The first-order valence-corrected chi connectivity index (χ1v) is 9.51. The van der Waals surface area contributed by atoms with Crippen molar-refractivity contribution < 1.29 is 0 Å². The highest BCUT2D eigenvalue weighted by Crippen LogP contribution is 2.37. The lowest BCUT2D eigenvalue weighted by molar-refractivity contribution is 0.985. The fraction of sp³-hybridized carbons (Fsp3) is 0.130. The fourth-order valence-corrected chi connectivity index (χ4v) is 3.88. The summed E-state index contributed by atoms with van der Waals surface area (Å²) in [6.07, 6.45) is 2.15. The Morgan fingerprint density at radius 3 is 2.23 bits per heavy atom. The maximum atomic E-state index is 3.62. The SMILES string of the molecule is CN(C)c1ccc(C(c2ccccc2)c2c[nH]c3ccc(Br)cc23)cc1. The third-order valence-electron chi connectivity index (χ3n) is 4.86. The largest absolute Gasteiger partial charge is 0.378 e. The predicted molar refractivity (Wildman–Crippen MR) is 114 cm³/mol. The van der Waals surface area contributed by atoms with E-state index in [1.807, 2.05) is 0 Å². The first kappa shape index (κ1) is 16.9. The van der Waals surface area contributed by atoms with Crippen LogP contribution in [0.25, 0.3) is 10.9 Å². The summed E-state index contributed by atoms with van der Waals surface area (Å²) in [5, 5.41) is 1.25. The van der Waals surface area contributed by atoms with Crippen LogP contribution in [0, 0.1) is 0 Å². The van der Waals surface area contributed by atoms with Crippen LogP contribution in [-0.2, 0) is 0 Å². The summed E-state index contributed by atoms with van der Waals surface area (Å²) in [7, 11) is 4.14. The van der Waals surface area contributed by atoms with E-state index in [0.717, 1.165) is 9.99 Å². The number of nitrogens with one attached hydrogen (secondary N) is 1. The smallest absolute Gasteiger partial charge is 0.0457 e. The molecule has 3 aromatic carbocycles. The van der Waals surface area contributed by atoms with Gasteiger partial charge in [0.15, 0.2) is 0 Å². The fourth-order valence-electron chi connectivity index (χ4n) is 3.52. The Morgan fingerprint density at radius 1 is 0.846 bits per heavy atom. The minimum atomic E-state index is 0.190. The molecule has 4 rings (SSSR count). The first-order valence-electron chi connectivity index (χ1n) is 8.72. The molecule has 0 spiro atoms. The number of aromatic amines is 1. The van der Waals surface area contributed by atoms with E-state index in [-0.39, 0.29) is 5.92 Å². The number of hydrogen-bond acceptors (Lipinski definition) is 1. The van der Waals surface area contributed by atoms with Gasteiger partial charge in [-0.1, -0.05) is 58.4 Å². The Labute approximate surface area is 162 Å². The van der Waals surface area contributed by atoms with E-state index < -0.39 is 0 Å². The number of benzene rings is 3. The zero-order valence-corrected chi connectivity index (χ0v) is 16.5. The molecule has 0 saturated carbocycles. The van der Waals surface area contributed by atoms with Crippen LogP contribution in [0.2, 0.25) is 0 Å². The van der Waals surface area contributed by atoms with Gasteiger partial charge in [-0.25, -0.2) is 0 Å². The van der Waals surface area contributed by atoms with E-state index in [9.17, 15) is 0 Å². The van der Waals surface area contributed by atoms with E-state index in [0.29, 0.717) is 0 Å². The summed E-state index contributed by atoms with van der Waals surface area (Å²) in [4.78, 5) is 5.57. The summed E-state index contributed by atoms with van der Waals surface area (Å²) >= 11 is 3.62. The van der Waals surface area contributed by atoms with Crippen LogP contribution in [0.4, 0.5) is 5.69 Å². The van der Waals surface area contributed by atoms with E-state index in [4.69, 9.17) is 0 Å². The number of aromatic nitrogens is 1. The number of halogens is 1. The summed E-state index contributed by atoms with van der Waals surface area (Å²) in [5.41, 5.74) is 6.26. The van der Waals surface area contributed by atoms with Crippen molar-refractivity contribution in [2.45, 2.75) is 5.92 Å². The molecule has 0 fully saturated rings. The second-order valence-electron chi connectivity index (χ2n) is 6.76. The summed E-state index contributed by atoms with van der Waals surface area (Å²) in [5.74, 6) is 0.190. The van der Waals surface area contributed by atoms with Gasteiger partial charge in [0.2, 0.25) is 0 Å². The highest BCUT2D eigenvalue weighted by atomic mass is 79.9. The van der Waals surface area contributed by atoms with Crippen molar-refractivity contribution >= 4 is 32.5 Å². The minimum Gasteiger partial charge on any atom is -0.378 e. The van der Waals surface area contributed by atoms with Gasteiger partial charge in [0.25, 0.3) is 0 Å². The molecule has 4 aromatic rings. The minimum absolute atomic E-state index is 0.190. The monoisotopic (exact) mass is 404 g/mol. The number of rotatable bonds is 4. The molecule has 0 saturated heterocycles. The van der Waals surface area contributed by atoms with Gasteiger partial charge < -0.3 is 9.88 Å². The molecule has 26 heavy (non-hydrogen) atoms. The molecule has 3 heteroatoms. The third kappa shape index (κ3) is 3.15. The molecule has 1 atom stereocenters. The van der Waals surface area contributed by atoms with E-state index in [2.05, 4.69) is 119 Å². The molecule has 1 unspecified atom stereocenters. The summed E-state index contributed by atoms with van der Waals surface area (Å²) in [6.45, 7) is 0. The molecular formula is C23H21BrN2. The number of nitrogens with zero attached hydrogens (tertiary/aromatic N) is 1. The van der Waals surface area contributed by atoms with Crippen molar-refractivity contribution in [3.8, 4) is 0 Å². The van der Waals surface area contributed by atoms with Crippen LogP contribution in [-0.4, -0.2) is 19.1 Å². The lowest BCUT2D eigenvalue weighted by Crippen LogP contribution is -2.09. The van der Waals surface area contributed by atoms with Gasteiger partial charge in [-0.15, -0.1) is 0 Å². The molecule has 1 aromatic heterocycles. The average molecular weight is 405 g/mol. The molecule has 0 aliphatic heterocycles. The number of H-pyrrole nitrogens is 1. The molecule has 2 nitrogen and oxygen atoms in total. The number of anilines is 1. The molecule has 0 radical (unpaired) electrons. The molecule has 0 aliphatic carbocycles. The van der Waals surface area contributed by atoms with Crippen LogP contribution in [0.5, 0.6) is 0 Å². The van der Waals surface area contributed by atoms with Gasteiger partial charge in [-0.2, -0.15) is 0 Å². The average Bonchev–Trinajstić information content (AvgIpc) is 3.06. The third-order valence-corrected chi connectivity index (χ3v) is 5.36. The van der Waals surface area contributed by atoms with Crippen molar-refractivity contribution in [3.05, 3.63) is 100 Å².